The molecule has 0 saturated carbocycles. The monoisotopic (exact) mass is 376 g/mol. The van der Waals surface area contributed by atoms with Gasteiger partial charge in [0.25, 0.3) is 5.56 Å². The van der Waals surface area contributed by atoms with Crippen molar-refractivity contribution in [3.63, 3.8) is 0 Å². The third-order valence-corrected chi connectivity index (χ3v) is 4.28. The highest BCUT2D eigenvalue weighted by molar-refractivity contribution is 5.02. The van der Waals surface area contributed by atoms with E-state index in [9.17, 15) is 14.7 Å². The largest absolute Gasteiger partial charge is 0.394 e. The van der Waals surface area contributed by atoms with Crippen LogP contribution in [0.2, 0.25) is 0 Å². The van der Waals surface area contributed by atoms with E-state index in [2.05, 4.69) is 4.98 Å². The molecule has 0 aromatic carbocycles. The van der Waals surface area contributed by atoms with Crippen molar-refractivity contribution < 1.29 is 35.0 Å². The molecule has 11 nitrogen and oxygen atoms in total. The van der Waals surface area contributed by atoms with Crippen LogP contribution in [0.5, 0.6) is 0 Å². The summed E-state index contributed by atoms with van der Waals surface area (Å²) in [4.78, 5) is 24.9. The Hall–Kier alpha value is -1.60. The number of aryl methyl sites for hydroxylation is 1. The van der Waals surface area contributed by atoms with Crippen LogP contribution >= 0.6 is 0 Å². The van der Waals surface area contributed by atoms with E-state index in [-0.39, 0.29) is 26.2 Å². The Morgan fingerprint density at radius 1 is 1.15 bits per heavy atom. The summed E-state index contributed by atoms with van der Waals surface area (Å²) in [6.07, 6.45) is -2.93. The standard InChI is InChI=1S/C10H14N2O5.C5H10O4/c1-5-3-12(10(16)11-9(5)15)8-2-6(14)7(4-13)17-8;6-1-4-5(8)3(7)2-9-4/h3,6-8,13-14H,2,4H2,1H3,(H,11,15,16);3-8H,1-2H2/t6-,7+,8+;3-,4+,5-/m00/s1. The average molecular weight is 376 g/mol. The fraction of sp³-hybridized carbons (Fsp3) is 0.733. The molecule has 0 radical (unpaired) electrons. The van der Waals surface area contributed by atoms with E-state index in [1.54, 1.807) is 6.92 Å². The van der Waals surface area contributed by atoms with Gasteiger partial charge in [-0.3, -0.25) is 14.3 Å². The van der Waals surface area contributed by atoms with Gasteiger partial charge in [0.15, 0.2) is 0 Å². The number of ether oxygens (including phenoxy) is 2. The molecule has 6 atom stereocenters. The lowest BCUT2D eigenvalue weighted by Crippen LogP contribution is -2.33. The molecule has 0 spiro atoms. The number of aromatic amines is 1. The molecule has 148 valence electrons. The topological polar surface area (TPSA) is 174 Å². The minimum Gasteiger partial charge on any atom is -0.394 e. The molecule has 2 aliphatic rings. The van der Waals surface area contributed by atoms with Crippen LogP contribution in [0.15, 0.2) is 15.8 Å². The number of aliphatic hydroxyl groups excluding tert-OH is 5. The molecule has 0 unspecified atom stereocenters. The van der Waals surface area contributed by atoms with Crippen LogP contribution in [0.4, 0.5) is 0 Å². The van der Waals surface area contributed by atoms with Gasteiger partial charge < -0.3 is 35.0 Å². The molecule has 0 amide bonds. The van der Waals surface area contributed by atoms with Gasteiger partial charge in [-0.05, 0) is 6.92 Å². The predicted octanol–water partition coefficient (Wildman–Crippen LogP) is -3.41. The smallest absolute Gasteiger partial charge is 0.330 e. The second kappa shape index (κ2) is 8.86. The van der Waals surface area contributed by atoms with Gasteiger partial charge in [-0.2, -0.15) is 0 Å². The van der Waals surface area contributed by atoms with Gasteiger partial charge in [0, 0.05) is 18.2 Å². The van der Waals surface area contributed by atoms with Gasteiger partial charge in [0.1, 0.15) is 30.6 Å². The Labute approximate surface area is 148 Å². The molecule has 1 aromatic rings. The summed E-state index contributed by atoms with van der Waals surface area (Å²) in [7, 11) is 0. The van der Waals surface area contributed by atoms with Gasteiger partial charge in [0.05, 0.1) is 25.9 Å². The average Bonchev–Trinajstić information content (AvgIpc) is 3.14. The lowest BCUT2D eigenvalue weighted by atomic mass is 10.2. The minimum absolute atomic E-state index is 0.117. The van der Waals surface area contributed by atoms with Crippen LogP contribution in [-0.4, -0.2) is 85.4 Å². The summed E-state index contributed by atoms with van der Waals surface area (Å²) < 4.78 is 11.3. The second-order valence-electron chi connectivity index (χ2n) is 6.21. The Morgan fingerprint density at radius 3 is 2.27 bits per heavy atom. The number of nitrogens with one attached hydrogen (secondary N) is 1. The van der Waals surface area contributed by atoms with E-state index in [0.29, 0.717) is 5.56 Å². The number of hydrogen-bond acceptors (Lipinski definition) is 9. The van der Waals surface area contributed by atoms with Gasteiger partial charge in [0.2, 0.25) is 0 Å². The number of H-pyrrole nitrogens is 1. The minimum atomic E-state index is -0.921. The van der Waals surface area contributed by atoms with Crippen LogP contribution in [0.25, 0.3) is 0 Å². The first-order valence-corrected chi connectivity index (χ1v) is 8.13. The molecular formula is C15H24N2O9. The van der Waals surface area contributed by atoms with Crippen molar-refractivity contribution in [3.8, 4) is 0 Å². The normalized spacial score (nSPS) is 33.8. The van der Waals surface area contributed by atoms with Crippen LogP contribution in [0.1, 0.15) is 18.2 Å². The molecule has 6 N–H and O–H groups in total. The Kier molecular flexibility index (Phi) is 7.06. The Morgan fingerprint density at radius 2 is 1.81 bits per heavy atom. The van der Waals surface area contributed by atoms with Crippen LogP contribution < -0.4 is 11.2 Å². The van der Waals surface area contributed by atoms with E-state index in [1.165, 1.54) is 10.8 Å². The van der Waals surface area contributed by atoms with E-state index in [1.807, 2.05) is 0 Å². The molecular weight excluding hydrogens is 352 g/mol. The van der Waals surface area contributed by atoms with E-state index < -0.39 is 48.0 Å². The maximum Gasteiger partial charge on any atom is 0.330 e. The number of nitrogens with zero attached hydrogens (tertiary/aromatic N) is 1. The molecule has 3 heterocycles. The molecule has 2 saturated heterocycles. The quantitative estimate of drug-likeness (QED) is 0.314. The molecule has 2 fully saturated rings. The number of aliphatic hydroxyl groups is 5. The number of aromatic nitrogens is 2. The van der Waals surface area contributed by atoms with Gasteiger partial charge in [-0.25, -0.2) is 4.79 Å². The van der Waals surface area contributed by atoms with E-state index in [0.717, 1.165) is 0 Å². The lowest BCUT2D eigenvalue weighted by Gasteiger charge is -2.14. The van der Waals surface area contributed by atoms with Gasteiger partial charge >= 0.3 is 5.69 Å². The maximum atomic E-state index is 11.6. The summed E-state index contributed by atoms with van der Waals surface area (Å²) in [5.74, 6) is 0. The van der Waals surface area contributed by atoms with Gasteiger partial charge in [-0.15, -0.1) is 0 Å². The van der Waals surface area contributed by atoms with E-state index >= 15 is 0 Å². The van der Waals surface area contributed by atoms with E-state index in [4.69, 9.17) is 29.9 Å². The highest BCUT2D eigenvalue weighted by atomic mass is 16.5. The highest BCUT2D eigenvalue weighted by Crippen LogP contribution is 2.27. The SMILES string of the molecule is Cc1cn([C@H]2C[C@H](O)[C@@H](CO)O2)c(=O)[nH]c1=O.OC[C@H]1OC[C@H](O)[C@@H]1O. The van der Waals surface area contributed by atoms with Crippen LogP contribution in [0.3, 0.4) is 0 Å². The van der Waals surface area contributed by atoms with Crippen LogP contribution in [-0.2, 0) is 9.47 Å². The van der Waals surface area contributed by atoms with Crippen molar-refractivity contribution in [2.75, 3.05) is 19.8 Å². The molecule has 1 aromatic heterocycles. The van der Waals surface area contributed by atoms with Crippen molar-refractivity contribution in [1.29, 1.82) is 0 Å². The van der Waals surface area contributed by atoms with Crippen molar-refractivity contribution in [3.05, 3.63) is 32.6 Å². The van der Waals surface area contributed by atoms with Crippen LogP contribution in [0, 0.1) is 6.92 Å². The zero-order valence-electron chi connectivity index (χ0n) is 14.2. The van der Waals surface area contributed by atoms with Gasteiger partial charge in [-0.1, -0.05) is 0 Å². The van der Waals surface area contributed by atoms with Crippen molar-refractivity contribution in [2.45, 2.75) is 50.1 Å². The summed E-state index contributed by atoms with van der Waals surface area (Å²) >= 11 is 0. The maximum absolute atomic E-state index is 11.6. The summed E-state index contributed by atoms with van der Waals surface area (Å²) in [5, 5.41) is 44.7. The lowest BCUT2D eigenvalue weighted by molar-refractivity contribution is -0.0459. The fourth-order valence-electron chi connectivity index (χ4n) is 2.68. The van der Waals surface area contributed by atoms with Crippen molar-refractivity contribution in [2.24, 2.45) is 0 Å². The number of rotatable bonds is 3. The Bertz CT molecular complexity index is 703. The fourth-order valence-corrected chi connectivity index (χ4v) is 2.68. The first-order chi connectivity index (χ1) is 12.3. The first-order valence-electron chi connectivity index (χ1n) is 8.13. The summed E-state index contributed by atoms with van der Waals surface area (Å²) in [6, 6.07) is 0. The zero-order chi connectivity index (χ0) is 19.4. The van der Waals surface area contributed by atoms with Crippen molar-refractivity contribution >= 4 is 0 Å². The molecule has 2 aliphatic heterocycles. The Balaban J connectivity index is 0.000000228. The third kappa shape index (κ3) is 4.57. The van der Waals surface area contributed by atoms with Crippen molar-refractivity contribution in [1.82, 2.24) is 9.55 Å². The number of hydrogen-bond donors (Lipinski definition) is 6. The predicted molar refractivity (Wildman–Crippen MR) is 86.5 cm³/mol. The second-order valence-corrected chi connectivity index (χ2v) is 6.21. The third-order valence-electron chi connectivity index (χ3n) is 4.28. The summed E-state index contributed by atoms with van der Waals surface area (Å²) in [5.41, 5.74) is -0.643. The zero-order valence-corrected chi connectivity index (χ0v) is 14.2. The molecule has 3 rings (SSSR count). The first kappa shape index (κ1) is 20.7. The molecule has 0 bridgehead atoms. The summed E-state index contributed by atoms with van der Waals surface area (Å²) in [6.45, 7) is 1.14. The molecule has 26 heavy (non-hydrogen) atoms. The highest BCUT2D eigenvalue weighted by Gasteiger charge is 2.35. The molecule has 11 heteroatoms. The molecule has 0 aliphatic carbocycles.